The zero-order valence-electron chi connectivity index (χ0n) is 12.5. The summed E-state index contributed by atoms with van der Waals surface area (Å²) >= 11 is 6.13. The van der Waals surface area contributed by atoms with Crippen molar-refractivity contribution < 1.29 is 0 Å². The van der Waals surface area contributed by atoms with Crippen LogP contribution in [0.3, 0.4) is 0 Å². The van der Waals surface area contributed by atoms with Crippen molar-refractivity contribution in [3.63, 3.8) is 0 Å². The Morgan fingerprint density at radius 3 is 2.73 bits per heavy atom. The van der Waals surface area contributed by atoms with Gasteiger partial charge in [0.2, 0.25) is 0 Å². The lowest BCUT2D eigenvalue weighted by Crippen LogP contribution is -2.29. The lowest BCUT2D eigenvalue weighted by Gasteiger charge is -2.20. The van der Waals surface area contributed by atoms with Crippen LogP contribution in [0.2, 0.25) is 5.02 Å². The number of aromatic amines is 1. The van der Waals surface area contributed by atoms with Gasteiger partial charge in [-0.3, -0.25) is 9.67 Å². The second-order valence-corrected chi connectivity index (χ2v) is 5.76. The summed E-state index contributed by atoms with van der Waals surface area (Å²) in [5.74, 6) is 0.627. The summed E-state index contributed by atoms with van der Waals surface area (Å²) < 4.78 is 1.62. The molecule has 0 aliphatic carbocycles. The number of halogens is 1. The number of nitrogens with one attached hydrogen (secondary N) is 1. The SMILES string of the molecule is C[C@H](c1cc[nH]n1)n1c(=O)nc(N(C)C)c2ccc(Cl)cc21. The van der Waals surface area contributed by atoms with E-state index in [1.54, 1.807) is 22.9 Å². The molecule has 22 heavy (non-hydrogen) atoms. The summed E-state index contributed by atoms with van der Waals surface area (Å²) in [6.45, 7) is 1.91. The Labute approximate surface area is 132 Å². The molecule has 0 radical (unpaired) electrons. The number of nitrogens with zero attached hydrogens (tertiary/aromatic N) is 4. The Balaban J connectivity index is 2.35. The first-order valence-corrected chi connectivity index (χ1v) is 7.25. The molecule has 0 saturated heterocycles. The fourth-order valence-corrected chi connectivity index (χ4v) is 2.72. The molecule has 3 aromatic rings. The third kappa shape index (κ3) is 2.35. The van der Waals surface area contributed by atoms with Crippen molar-refractivity contribution in [2.24, 2.45) is 0 Å². The van der Waals surface area contributed by atoms with Crippen molar-refractivity contribution >= 4 is 28.3 Å². The standard InChI is InChI=1S/C15H16ClN5O/c1-9(12-6-7-17-19-12)21-13-8-10(16)4-5-11(13)14(20(2)3)18-15(21)22/h4-9H,1-3H3,(H,17,19)/t9-/m1/s1. The van der Waals surface area contributed by atoms with Gasteiger partial charge < -0.3 is 4.90 Å². The zero-order valence-corrected chi connectivity index (χ0v) is 13.3. The first kappa shape index (κ1) is 14.6. The molecule has 0 bridgehead atoms. The smallest absolute Gasteiger partial charge is 0.350 e. The Morgan fingerprint density at radius 2 is 2.09 bits per heavy atom. The normalized spacial score (nSPS) is 12.5. The van der Waals surface area contributed by atoms with Gasteiger partial charge in [-0.15, -0.1) is 0 Å². The van der Waals surface area contributed by atoms with Crippen LogP contribution in [0, 0.1) is 0 Å². The Kier molecular flexibility index (Phi) is 3.62. The molecular weight excluding hydrogens is 302 g/mol. The van der Waals surface area contributed by atoms with Crippen molar-refractivity contribution in [3.8, 4) is 0 Å². The molecule has 2 heterocycles. The van der Waals surface area contributed by atoms with Gasteiger partial charge in [-0.1, -0.05) is 11.6 Å². The van der Waals surface area contributed by atoms with Gasteiger partial charge in [0.15, 0.2) is 0 Å². The van der Waals surface area contributed by atoms with E-state index in [9.17, 15) is 4.79 Å². The van der Waals surface area contributed by atoms with Gasteiger partial charge in [-0.05, 0) is 31.2 Å². The molecular formula is C15H16ClN5O. The maximum atomic E-state index is 12.6. The fraction of sp³-hybridized carbons (Fsp3) is 0.267. The Hall–Kier alpha value is -2.34. The highest BCUT2D eigenvalue weighted by molar-refractivity contribution is 6.31. The first-order chi connectivity index (χ1) is 10.5. The van der Waals surface area contributed by atoms with Gasteiger partial charge in [0.25, 0.3) is 0 Å². The van der Waals surface area contributed by atoms with Gasteiger partial charge in [0.05, 0.1) is 17.3 Å². The van der Waals surface area contributed by atoms with Crippen LogP contribution in [0.1, 0.15) is 18.7 Å². The molecule has 0 spiro atoms. The van der Waals surface area contributed by atoms with Crippen LogP contribution in [0.15, 0.2) is 35.3 Å². The molecule has 1 atom stereocenters. The van der Waals surface area contributed by atoms with Crippen molar-refractivity contribution in [2.75, 3.05) is 19.0 Å². The lowest BCUT2D eigenvalue weighted by atomic mass is 10.1. The molecule has 114 valence electrons. The maximum absolute atomic E-state index is 12.6. The molecule has 0 saturated carbocycles. The van der Waals surface area contributed by atoms with Gasteiger partial charge in [-0.2, -0.15) is 10.1 Å². The van der Waals surface area contributed by atoms with E-state index in [2.05, 4.69) is 15.2 Å². The minimum absolute atomic E-state index is 0.247. The van der Waals surface area contributed by atoms with Crippen LogP contribution in [0.5, 0.6) is 0 Å². The second kappa shape index (κ2) is 5.46. The van der Waals surface area contributed by atoms with Crippen molar-refractivity contribution in [3.05, 3.63) is 51.7 Å². The number of aromatic nitrogens is 4. The van der Waals surface area contributed by atoms with Crippen molar-refractivity contribution in [2.45, 2.75) is 13.0 Å². The van der Waals surface area contributed by atoms with Crippen LogP contribution in [-0.2, 0) is 0 Å². The van der Waals surface area contributed by atoms with Gasteiger partial charge >= 0.3 is 5.69 Å². The topological polar surface area (TPSA) is 66.8 Å². The highest BCUT2D eigenvalue weighted by atomic mass is 35.5. The van der Waals surface area contributed by atoms with Crippen LogP contribution >= 0.6 is 11.6 Å². The van der Waals surface area contributed by atoms with E-state index in [1.807, 2.05) is 38.1 Å². The van der Waals surface area contributed by atoms with E-state index in [1.165, 1.54) is 0 Å². The minimum atomic E-state index is -0.325. The molecule has 0 fully saturated rings. The summed E-state index contributed by atoms with van der Waals surface area (Å²) in [7, 11) is 3.72. The molecule has 1 aromatic carbocycles. The summed E-state index contributed by atoms with van der Waals surface area (Å²) in [4.78, 5) is 18.6. The number of rotatable bonds is 3. The van der Waals surface area contributed by atoms with Crippen LogP contribution < -0.4 is 10.6 Å². The summed E-state index contributed by atoms with van der Waals surface area (Å²) in [6, 6.07) is 7.06. The molecule has 1 N–H and O–H groups in total. The Bertz CT molecular complexity index is 870. The fourth-order valence-electron chi connectivity index (χ4n) is 2.55. The second-order valence-electron chi connectivity index (χ2n) is 5.32. The van der Waals surface area contributed by atoms with Crippen LogP contribution in [0.4, 0.5) is 5.82 Å². The van der Waals surface area contributed by atoms with E-state index in [-0.39, 0.29) is 11.7 Å². The predicted molar refractivity (Wildman–Crippen MR) is 87.7 cm³/mol. The molecule has 6 nitrogen and oxygen atoms in total. The minimum Gasteiger partial charge on any atom is -0.362 e. The van der Waals surface area contributed by atoms with E-state index in [0.29, 0.717) is 10.8 Å². The largest absolute Gasteiger partial charge is 0.362 e. The van der Waals surface area contributed by atoms with Crippen LogP contribution in [-0.4, -0.2) is 33.8 Å². The van der Waals surface area contributed by atoms with Gasteiger partial charge in [0, 0.05) is 30.7 Å². The highest BCUT2D eigenvalue weighted by Gasteiger charge is 2.18. The van der Waals surface area contributed by atoms with Gasteiger partial charge in [0.1, 0.15) is 5.82 Å². The summed E-state index contributed by atoms with van der Waals surface area (Å²) in [5, 5.41) is 8.38. The Morgan fingerprint density at radius 1 is 1.32 bits per heavy atom. The number of hydrogen-bond acceptors (Lipinski definition) is 4. The highest BCUT2D eigenvalue weighted by Crippen LogP contribution is 2.27. The molecule has 0 aliphatic heterocycles. The molecule has 3 rings (SSSR count). The number of hydrogen-bond donors (Lipinski definition) is 1. The van der Waals surface area contributed by atoms with Crippen molar-refractivity contribution in [1.82, 2.24) is 19.7 Å². The first-order valence-electron chi connectivity index (χ1n) is 6.88. The maximum Gasteiger partial charge on any atom is 0.350 e. The predicted octanol–water partition coefficient (Wildman–Crippen LogP) is 2.45. The molecule has 0 unspecified atom stereocenters. The molecule has 2 aromatic heterocycles. The summed E-state index contributed by atoms with van der Waals surface area (Å²) in [5.41, 5.74) is 1.18. The quantitative estimate of drug-likeness (QED) is 0.805. The number of anilines is 1. The average Bonchev–Trinajstić information content (AvgIpc) is 2.99. The third-order valence-electron chi connectivity index (χ3n) is 3.63. The van der Waals surface area contributed by atoms with E-state index < -0.39 is 0 Å². The van der Waals surface area contributed by atoms with Crippen molar-refractivity contribution in [1.29, 1.82) is 0 Å². The van der Waals surface area contributed by atoms with E-state index in [0.717, 1.165) is 16.6 Å². The van der Waals surface area contributed by atoms with E-state index >= 15 is 0 Å². The molecule has 0 amide bonds. The molecule has 0 aliphatic rings. The zero-order chi connectivity index (χ0) is 15.9. The number of fused-ring (bicyclic) bond motifs is 1. The van der Waals surface area contributed by atoms with E-state index in [4.69, 9.17) is 11.6 Å². The number of benzene rings is 1. The monoisotopic (exact) mass is 317 g/mol. The average molecular weight is 318 g/mol. The number of H-pyrrole nitrogens is 1. The van der Waals surface area contributed by atoms with Crippen LogP contribution in [0.25, 0.3) is 10.9 Å². The molecule has 7 heteroatoms. The van der Waals surface area contributed by atoms with Gasteiger partial charge in [-0.25, -0.2) is 4.79 Å². The third-order valence-corrected chi connectivity index (χ3v) is 3.86. The summed E-state index contributed by atoms with van der Waals surface area (Å²) in [6.07, 6.45) is 1.73. The lowest BCUT2D eigenvalue weighted by molar-refractivity contribution is 0.603.